The normalized spacial score (nSPS) is 10.9. The molecule has 0 bridgehead atoms. The van der Waals surface area contributed by atoms with Crippen molar-refractivity contribution in [1.29, 1.82) is 0 Å². The van der Waals surface area contributed by atoms with Crippen LogP contribution in [0.2, 0.25) is 5.02 Å². The molecule has 0 saturated carbocycles. The van der Waals surface area contributed by atoms with Crippen LogP contribution in [-0.2, 0) is 6.61 Å². The Hall–Kier alpha value is -2.86. The van der Waals surface area contributed by atoms with E-state index >= 15 is 0 Å². The molecule has 0 spiro atoms. The summed E-state index contributed by atoms with van der Waals surface area (Å²) >= 11 is 5.87. The van der Waals surface area contributed by atoms with Gasteiger partial charge in [-0.2, -0.15) is 5.10 Å². The van der Waals surface area contributed by atoms with Crippen molar-refractivity contribution in [1.82, 2.24) is 14.9 Å². The first-order chi connectivity index (χ1) is 11.7. The van der Waals surface area contributed by atoms with Crippen LogP contribution in [0.15, 0.2) is 60.2 Å². The van der Waals surface area contributed by atoms with Crippen LogP contribution in [0, 0.1) is 0 Å². The zero-order chi connectivity index (χ0) is 16.8. The highest BCUT2D eigenvalue weighted by Gasteiger charge is 2.05. The molecule has 0 radical (unpaired) electrons. The molecule has 0 N–H and O–H groups in total. The maximum absolute atomic E-state index is 5.87. The Morgan fingerprint density at radius 1 is 1.12 bits per heavy atom. The summed E-state index contributed by atoms with van der Waals surface area (Å²) in [4.78, 5) is 0. The monoisotopic (exact) mass is 342 g/mol. The number of aromatic nitrogens is 3. The van der Waals surface area contributed by atoms with Gasteiger partial charge in [-0.3, -0.25) is 0 Å². The number of benzene rings is 2. The maximum atomic E-state index is 5.87. The van der Waals surface area contributed by atoms with Crippen LogP contribution in [0.25, 0.3) is 0 Å². The van der Waals surface area contributed by atoms with Crippen molar-refractivity contribution < 1.29 is 9.47 Å². The summed E-state index contributed by atoms with van der Waals surface area (Å²) in [6.45, 7) is 0.374. The minimum absolute atomic E-state index is 0.374. The van der Waals surface area contributed by atoms with Gasteiger partial charge in [0.1, 0.15) is 30.8 Å². The molecule has 0 aliphatic carbocycles. The smallest absolute Gasteiger partial charge is 0.141 e. The fourth-order valence-corrected chi connectivity index (χ4v) is 2.20. The molecule has 7 heteroatoms. The molecule has 6 nitrogen and oxygen atoms in total. The number of nitrogens with zero attached hydrogens (tertiary/aromatic N) is 4. The SMILES string of the molecule is COc1ccc(C=Nn2cnnc2)cc1COc1ccc(Cl)cc1. The fourth-order valence-electron chi connectivity index (χ4n) is 2.07. The third-order valence-electron chi connectivity index (χ3n) is 3.26. The largest absolute Gasteiger partial charge is 0.496 e. The Balaban J connectivity index is 1.75. The zero-order valence-corrected chi connectivity index (χ0v) is 13.7. The van der Waals surface area contributed by atoms with E-state index in [4.69, 9.17) is 21.1 Å². The van der Waals surface area contributed by atoms with Gasteiger partial charge in [-0.1, -0.05) is 11.6 Å². The summed E-state index contributed by atoms with van der Waals surface area (Å²) in [6.07, 6.45) is 4.75. The lowest BCUT2D eigenvalue weighted by molar-refractivity contribution is 0.296. The second-order valence-electron chi connectivity index (χ2n) is 4.90. The Labute approximate surface area is 144 Å². The third kappa shape index (κ3) is 4.11. The van der Waals surface area contributed by atoms with Crippen molar-refractivity contribution in [2.75, 3.05) is 7.11 Å². The van der Waals surface area contributed by atoms with Gasteiger partial charge in [0.25, 0.3) is 0 Å². The molecule has 0 fully saturated rings. The van der Waals surface area contributed by atoms with Crippen LogP contribution in [0.5, 0.6) is 11.5 Å². The van der Waals surface area contributed by atoms with E-state index in [1.165, 1.54) is 17.3 Å². The minimum Gasteiger partial charge on any atom is -0.496 e. The van der Waals surface area contributed by atoms with E-state index in [2.05, 4.69) is 15.3 Å². The lowest BCUT2D eigenvalue weighted by Crippen LogP contribution is -2.00. The van der Waals surface area contributed by atoms with Gasteiger partial charge in [-0.05, 0) is 48.0 Å². The molecule has 1 heterocycles. The Morgan fingerprint density at radius 3 is 2.58 bits per heavy atom. The molecule has 0 atom stereocenters. The average molecular weight is 343 g/mol. The Bertz CT molecular complexity index is 817. The van der Waals surface area contributed by atoms with Crippen LogP contribution in [0.3, 0.4) is 0 Å². The van der Waals surface area contributed by atoms with Crippen molar-refractivity contribution >= 4 is 17.8 Å². The molecule has 0 unspecified atom stereocenters. The molecule has 0 aliphatic heterocycles. The number of methoxy groups -OCH3 is 1. The summed E-state index contributed by atoms with van der Waals surface area (Å²) in [5, 5.41) is 12.3. The van der Waals surface area contributed by atoms with Gasteiger partial charge in [0, 0.05) is 10.6 Å². The predicted octanol–water partition coefficient (Wildman–Crippen LogP) is 3.40. The molecule has 1 aromatic heterocycles. The van der Waals surface area contributed by atoms with E-state index in [0.29, 0.717) is 11.6 Å². The summed E-state index contributed by atoms with van der Waals surface area (Å²) in [5.41, 5.74) is 1.83. The highest BCUT2D eigenvalue weighted by atomic mass is 35.5. The van der Waals surface area contributed by atoms with Crippen LogP contribution >= 0.6 is 11.6 Å². The first-order valence-corrected chi connectivity index (χ1v) is 7.56. The van der Waals surface area contributed by atoms with Crippen LogP contribution in [0.1, 0.15) is 11.1 Å². The molecule has 3 rings (SSSR count). The molecule has 24 heavy (non-hydrogen) atoms. The summed E-state index contributed by atoms with van der Waals surface area (Å²) in [6, 6.07) is 13.0. The molecule has 122 valence electrons. The molecular formula is C17H15ClN4O2. The topological polar surface area (TPSA) is 61.5 Å². The lowest BCUT2D eigenvalue weighted by atomic mass is 10.1. The van der Waals surface area contributed by atoms with Crippen molar-refractivity contribution in [3.8, 4) is 11.5 Å². The van der Waals surface area contributed by atoms with Crippen molar-refractivity contribution in [3.63, 3.8) is 0 Å². The molecule has 0 aliphatic rings. The quantitative estimate of drug-likeness (QED) is 0.644. The van der Waals surface area contributed by atoms with Gasteiger partial charge < -0.3 is 9.47 Å². The standard InChI is InChI=1S/C17H15ClN4O2/c1-23-17-7-2-13(9-21-22-11-19-20-12-22)8-14(17)10-24-16-5-3-15(18)4-6-16/h2-9,11-12H,10H2,1H3. The number of halogens is 1. The maximum Gasteiger partial charge on any atom is 0.141 e. The van der Waals surface area contributed by atoms with E-state index in [1.807, 2.05) is 30.3 Å². The third-order valence-corrected chi connectivity index (χ3v) is 3.51. The van der Waals surface area contributed by atoms with Gasteiger partial charge in [0.05, 0.1) is 13.3 Å². The van der Waals surface area contributed by atoms with Crippen molar-refractivity contribution in [2.45, 2.75) is 6.61 Å². The number of rotatable bonds is 6. The zero-order valence-electron chi connectivity index (χ0n) is 13.0. The van der Waals surface area contributed by atoms with Crippen LogP contribution < -0.4 is 9.47 Å². The van der Waals surface area contributed by atoms with Gasteiger partial charge >= 0.3 is 0 Å². The Kier molecular flexibility index (Phi) is 5.08. The fraction of sp³-hybridized carbons (Fsp3) is 0.118. The molecule has 3 aromatic rings. The first kappa shape index (κ1) is 16.0. The Morgan fingerprint density at radius 2 is 1.88 bits per heavy atom. The molecule has 2 aromatic carbocycles. The van der Waals surface area contributed by atoms with Gasteiger partial charge in [-0.25, -0.2) is 4.68 Å². The molecule has 0 amide bonds. The second kappa shape index (κ2) is 7.61. The average Bonchev–Trinajstić information content (AvgIpc) is 3.13. The van der Waals surface area contributed by atoms with Crippen molar-refractivity contribution in [3.05, 3.63) is 71.3 Å². The van der Waals surface area contributed by atoms with Crippen LogP contribution in [0.4, 0.5) is 0 Å². The van der Waals surface area contributed by atoms with E-state index < -0.39 is 0 Å². The van der Waals surface area contributed by atoms with E-state index in [1.54, 1.807) is 25.5 Å². The predicted molar refractivity (Wildman–Crippen MR) is 91.8 cm³/mol. The first-order valence-electron chi connectivity index (χ1n) is 7.19. The summed E-state index contributed by atoms with van der Waals surface area (Å²) in [7, 11) is 1.63. The van der Waals surface area contributed by atoms with E-state index in [-0.39, 0.29) is 0 Å². The number of hydrogen-bond acceptors (Lipinski definition) is 5. The van der Waals surface area contributed by atoms with E-state index in [0.717, 1.165) is 22.6 Å². The van der Waals surface area contributed by atoms with Gasteiger partial charge in [0.15, 0.2) is 0 Å². The number of ether oxygens (including phenoxy) is 2. The van der Waals surface area contributed by atoms with Gasteiger partial charge in [-0.15, -0.1) is 10.2 Å². The van der Waals surface area contributed by atoms with Crippen molar-refractivity contribution in [2.24, 2.45) is 5.10 Å². The van der Waals surface area contributed by atoms with E-state index in [9.17, 15) is 0 Å². The summed E-state index contributed by atoms with van der Waals surface area (Å²) in [5.74, 6) is 1.50. The highest BCUT2D eigenvalue weighted by Crippen LogP contribution is 2.22. The van der Waals surface area contributed by atoms with Gasteiger partial charge in [0.2, 0.25) is 0 Å². The second-order valence-corrected chi connectivity index (χ2v) is 5.34. The molecule has 0 saturated heterocycles. The lowest BCUT2D eigenvalue weighted by Gasteiger charge is -2.11. The summed E-state index contributed by atoms with van der Waals surface area (Å²) < 4.78 is 12.7. The molecular weight excluding hydrogens is 328 g/mol. The number of hydrogen-bond donors (Lipinski definition) is 0. The minimum atomic E-state index is 0.374. The highest BCUT2D eigenvalue weighted by molar-refractivity contribution is 6.30. The van der Waals surface area contributed by atoms with Crippen LogP contribution in [-0.4, -0.2) is 28.2 Å².